The molecule has 1 unspecified atom stereocenters. The fraction of sp³-hybridized carbons (Fsp3) is 0.316. The first-order valence-electron chi connectivity index (χ1n) is 8.20. The lowest BCUT2D eigenvalue weighted by molar-refractivity contribution is 0.174. The van der Waals surface area contributed by atoms with Crippen molar-refractivity contribution in [2.75, 3.05) is 6.54 Å². The average Bonchev–Trinajstić information content (AvgIpc) is 3.04. The lowest BCUT2D eigenvalue weighted by Gasteiger charge is -2.14. The maximum atomic E-state index is 10.3. The van der Waals surface area contributed by atoms with Crippen molar-refractivity contribution < 1.29 is 9.84 Å². The number of rotatable bonds is 7. The van der Waals surface area contributed by atoms with Crippen LogP contribution in [0.4, 0.5) is 0 Å². The Hall–Kier alpha value is -2.37. The summed E-state index contributed by atoms with van der Waals surface area (Å²) in [5.74, 6) is 0.819. The zero-order valence-corrected chi connectivity index (χ0v) is 14.0. The lowest BCUT2D eigenvalue weighted by Crippen LogP contribution is -2.21. The summed E-state index contributed by atoms with van der Waals surface area (Å²) in [6, 6.07) is 13.7. The highest BCUT2D eigenvalue weighted by atomic mass is 16.5. The van der Waals surface area contributed by atoms with Crippen LogP contribution in [0.2, 0.25) is 0 Å². The predicted molar refractivity (Wildman–Crippen MR) is 95.0 cm³/mol. The van der Waals surface area contributed by atoms with Crippen LogP contribution in [0.25, 0.3) is 10.9 Å². The van der Waals surface area contributed by atoms with Crippen LogP contribution in [0.15, 0.2) is 48.7 Å². The number of nitrogens with zero attached hydrogens (tertiary/aromatic N) is 1. The van der Waals surface area contributed by atoms with E-state index in [9.17, 15) is 5.11 Å². The van der Waals surface area contributed by atoms with Crippen molar-refractivity contribution in [1.29, 1.82) is 0 Å². The Morgan fingerprint density at radius 3 is 2.71 bits per heavy atom. The minimum Gasteiger partial charge on any atom is -0.491 e. The minimum atomic E-state index is -0.556. The first-order chi connectivity index (χ1) is 11.6. The van der Waals surface area contributed by atoms with E-state index in [4.69, 9.17) is 4.74 Å². The van der Waals surface area contributed by atoms with Crippen molar-refractivity contribution in [2.24, 2.45) is 0 Å². The molecule has 0 aliphatic rings. The molecule has 1 heterocycles. The van der Waals surface area contributed by atoms with Crippen LogP contribution < -0.4 is 10.1 Å². The van der Waals surface area contributed by atoms with E-state index in [1.165, 1.54) is 0 Å². The third-order valence-electron chi connectivity index (χ3n) is 3.85. The molecule has 5 nitrogen and oxygen atoms in total. The second kappa shape index (κ2) is 7.47. The summed E-state index contributed by atoms with van der Waals surface area (Å²) < 4.78 is 5.61. The molecule has 0 amide bonds. The van der Waals surface area contributed by atoms with Crippen LogP contribution in [-0.2, 0) is 6.54 Å². The van der Waals surface area contributed by atoms with Crippen LogP contribution in [0, 0.1) is 0 Å². The van der Waals surface area contributed by atoms with E-state index in [1.54, 1.807) is 0 Å². The summed E-state index contributed by atoms with van der Waals surface area (Å²) in [6.07, 6.45) is 1.40. The Morgan fingerprint density at radius 1 is 1.17 bits per heavy atom. The molecule has 0 spiro atoms. The fourth-order valence-corrected chi connectivity index (χ4v) is 2.68. The first-order valence-corrected chi connectivity index (χ1v) is 8.20. The van der Waals surface area contributed by atoms with Gasteiger partial charge in [-0.3, -0.25) is 5.10 Å². The van der Waals surface area contributed by atoms with Crippen LogP contribution in [0.5, 0.6) is 5.75 Å². The van der Waals surface area contributed by atoms with Gasteiger partial charge in [0, 0.05) is 18.5 Å². The molecule has 0 saturated carbocycles. The quantitative estimate of drug-likeness (QED) is 0.624. The summed E-state index contributed by atoms with van der Waals surface area (Å²) in [5, 5.41) is 21.8. The highest BCUT2D eigenvalue weighted by Gasteiger charge is 2.09. The van der Waals surface area contributed by atoms with Gasteiger partial charge in [-0.2, -0.15) is 5.10 Å². The zero-order valence-electron chi connectivity index (χ0n) is 14.0. The van der Waals surface area contributed by atoms with Gasteiger partial charge in [-0.25, -0.2) is 0 Å². The van der Waals surface area contributed by atoms with Gasteiger partial charge in [0.2, 0.25) is 0 Å². The number of benzene rings is 2. The smallest absolute Gasteiger partial charge is 0.119 e. The Bertz CT molecular complexity index is 781. The van der Waals surface area contributed by atoms with E-state index in [-0.39, 0.29) is 6.10 Å². The number of aliphatic hydroxyl groups excluding tert-OH is 1. The van der Waals surface area contributed by atoms with Gasteiger partial charge in [-0.05, 0) is 37.1 Å². The molecule has 126 valence electrons. The van der Waals surface area contributed by atoms with E-state index in [1.807, 2.05) is 56.4 Å². The molecule has 0 bridgehead atoms. The first kappa shape index (κ1) is 16.5. The van der Waals surface area contributed by atoms with Gasteiger partial charge in [0.15, 0.2) is 0 Å². The third-order valence-corrected chi connectivity index (χ3v) is 3.85. The van der Waals surface area contributed by atoms with Crippen molar-refractivity contribution in [2.45, 2.75) is 32.6 Å². The van der Waals surface area contributed by atoms with Gasteiger partial charge < -0.3 is 15.2 Å². The van der Waals surface area contributed by atoms with E-state index in [0.717, 1.165) is 27.8 Å². The topological polar surface area (TPSA) is 70.2 Å². The molecule has 0 fully saturated rings. The van der Waals surface area contributed by atoms with Crippen LogP contribution in [0.3, 0.4) is 0 Å². The predicted octanol–water partition coefficient (Wildman–Crippen LogP) is 3.17. The van der Waals surface area contributed by atoms with Gasteiger partial charge in [-0.1, -0.05) is 30.3 Å². The summed E-state index contributed by atoms with van der Waals surface area (Å²) in [7, 11) is 0. The molecule has 2 aromatic carbocycles. The standard InChI is InChI=1S/C19H23N3O2/c1-13(2)24-17-8-6-14(7-9-17)18(23)12-20-10-15-4-3-5-16-11-21-22-19(15)16/h3-9,11,13,18,20,23H,10,12H2,1-2H3,(H,21,22). The molecule has 24 heavy (non-hydrogen) atoms. The molecule has 0 saturated heterocycles. The largest absolute Gasteiger partial charge is 0.491 e. The Morgan fingerprint density at radius 2 is 1.96 bits per heavy atom. The van der Waals surface area contributed by atoms with Gasteiger partial charge in [-0.15, -0.1) is 0 Å². The molecule has 3 aromatic rings. The van der Waals surface area contributed by atoms with Crippen LogP contribution in [-0.4, -0.2) is 28.0 Å². The average molecular weight is 325 g/mol. The number of aliphatic hydroxyl groups is 1. The van der Waals surface area contributed by atoms with E-state index in [0.29, 0.717) is 13.1 Å². The maximum absolute atomic E-state index is 10.3. The van der Waals surface area contributed by atoms with Crippen molar-refractivity contribution in [3.63, 3.8) is 0 Å². The molecule has 5 heteroatoms. The molecular formula is C19H23N3O2. The molecule has 1 atom stereocenters. The van der Waals surface area contributed by atoms with Gasteiger partial charge in [0.25, 0.3) is 0 Å². The fourth-order valence-electron chi connectivity index (χ4n) is 2.68. The monoisotopic (exact) mass is 325 g/mol. The van der Waals surface area contributed by atoms with Gasteiger partial charge in [0.1, 0.15) is 5.75 Å². The molecule has 0 aliphatic carbocycles. The highest BCUT2D eigenvalue weighted by molar-refractivity contribution is 5.81. The van der Waals surface area contributed by atoms with Crippen molar-refractivity contribution in [3.05, 3.63) is 59.8 Å². The van der Waals surface area contributed by atoms with E-state index >= 15 is 0 Å². The maximum Gasteiger partial charge on any atom is 0.119 e. The molecule has 0 aliphatic heterocycles. The molecular weight excluding hydrogens is 302 g/mol. The summed E-state index contributed by atoms with van der Waals surface area (Å²) >= 11 is 0. The van der Waals surface area contributed by atoms with Gasteiger partial charge >= 0.3 is 0 Å². The Labute approximate surface area is 141 Å². The number of aromatic amines is 1. The second-order valence-corrected chi connectivity index (χ2v) is 6.13. The van der Waals surface area contributed by atoms with Crippen LogP contribution >= 0.6 is 0 Å². The van der Waals surface area contributed by atoms with Crippen LogP contribution in [0.1, 0.15) is 31.1 Å². The summed E-state index contributed by atoms with van der Waals surface area (Å²) in [4.78, 5) is 0. The number of fused-ring (bicyclic) bond motifs is 1. The Balaban J connectivity index is 1.55. The Kier molecular flexibility index (Phi) is 5.13. The number of nitrogens with one attached hydrogen (secondary N) is 2. The zero-order chi connectivity index (χ0) is 16.9. The third kappa shape index (κ3) is 3.93. The van der Waals surface area contributed by atoms with Crippen molar-refractivity contribution >= 4 is 10.9 Å². The summed E-state index contributed by atoms with van der Waals surface area (Å²) in [5.41, 5.74) is 3.05. The van der Waals surface area contributed by atoms with Gasteiger partial charge in [0.05, 0.1) is 23.9 Å². The number of H-pyrrole nitrogens is 1. The normalized spacial score (nSPS) is 12.7. The van der Waals surface area contributed by atoms with Crippen molar-refractivity contribution in [1.82, 2.24) is 15.5 Å². The lowest BCUT2D eigenvalue weighted by atomic mass is 10.1. The van der Waals surface area contributed by atoms with E-state index < -0.39 is 6.10 Å². The number of para-hydroxylation sites is 1. The van der Waals surface area contributed by atoms with Crippen molar-refractivity contribution in [3.8, 4) is 5.75 Å². The number of hydrogen-bond donors (Lipinski definition) is 3. The molecule has 1 aromatic heterocycles. The van der Waals surface area contributed by atoms with E-state index in [2.05, 4.69) is 21.6 Å². The highest BCUT2D eigenvalue weighted by Crippen LogP contribution is 2.19. The number of hydrogen-bond acceptors (Lipinski definition) is 4. The second-order valence-electron chi connectivity index (χ2n) is 6.13. The molecule has 3 N–H and O–H groups in total. The number of ether oxygens (including phenoxy) is 1. The molecule has 0 radical (unpaired) electrons. The number of aromatic nitrogens is 2. The minimum absolute atomic E-state index is 0.146. The molecule has 3 rings (SSSR count). The summed E-state index contributed by atoms with van der Waals surface area (Å²) in [6.45, 7) is 5.14. The SMILES string of the molecule is CC(C)Oc1ccc(C(O)CNCc2cccc3cn[nH]c23)cc1.